The van der Waals surface area contributed by atoms with Gasteiger partial charge in [-0.05, 0) is 55.7 Å². The molecule has 0 fully saturated rings. The van der Waals surface area contributed by atoms with Crippen LogP contribution in [-0.4, -0.2) is 32.3 Å². The van der Waals surface area contributed by atoms with Crippen LogP contribution in [0, 0.1) is 0 Å². The van der Waals surface area contributed by atoms with E-state index in [1.54, 1.807) is 46.3 Å². The van der Waals surface area contributed by atoms with Crippen molar-refractivity contribution in [2.45, 2.75) is 45.9 Å². The van der Waals surface area contributed by atoms with Crippen LogP contribution in [0.5, 0.6) is 17.2 Å². The zero-order chi connectivity index (χ0) is 24.0. The van der Waals surface area contributed by atoms with Crippen molar-refractivity contribution in [3.8, 4) is 17.2 Å². The van der Waals surface area contributed by atoms with Gasteiger partial charge >= 0.3 is 12.0 Å². The first-order valence-corrected chi connectivity index (χ1v) is 10.8. The molecule has 1 aliphatic heterocycles. The van der Waals surface area contributed by atoms with Crippen molar-refractivity contribution in [1.29, 1.82) is 0 Å². The van der Waals surface area contributed by atoms with Crippen LogP contribution in [0.25, 0.3) is 0 Å². The van der Waals surface area contributed by atoms with Crippen LogP contribution in [0.4, 0.5) is 4.79 Å². The van der Waals surface area contributed by atoms with Gasteiger partial charge in [0.1, 0.15) is 12.4 Å². The second kappa shape index (κ2) is 10.8. The smallest absolute Gasteiger partial charge is 0.338 e. The molecular weight excluding hydrogens is 424 g/mol. The van der Waals surface area contributed by atoms with Gasteiger partial charge in [-0.15, -0.1) is 0 Å². The average molecular weight is 455 g/mol. The number of urea groups is 1. The Morgan fingerprint density at radius 2 is 1.76 bits per heavy atom. The van der Waals surface area contributed by atoms with Crippen molar-refractivity contribution in [3.05, 3.63) is 64.9 Å². The van der Waals surface area contributed by atoms with Crippen LogP contribution in [0.3, 0.4) is 0 Å². The first kappa shape index (κ1) is 24.0. The lowest BCUT2D eigenvalue weighted by Gasteiger charge is -2.30. The first-order chi connectivity index (χ1) is 15.9. The van der Waals surface area contributed by atoms with E-state index in [9.17, 15) is 9.59 Å². The van der Waals surface area contributed by atoms with Crippen LogP contribution in [0.1, 0.15) is 44.4 Å². The predicted octanol–water partition coefficient (Wildman–Crippen LogP) is 4.25. The molecule has 1 aliphatic rings. The Labute approximate surface area is 193 Å². The van der Waals surface area contributed by atoms with Gasteiger partial charge in [-0.2, -0.15) is 0 Å². The van der Waals surface area contributed by atoms with E-state index < -0.39 is 12.0 Å². The molecule has 33 heavy (non-hydrogen) atoms. The summed E-state index contributed by atoms with van der Waals surface area (Å²) in [5, 5.41) is 5.54. The van der Waals surface area contributed by atoms with Gasteiger partial charge in [-0.25, -0.2) is 9.59 Å². The summed E-state index contributed by atoms with van der Waals surface area (Å²) >= 11 is 0. The molecule has 0 saturated carbocycles. The number of methoxy groups -OCH3 is 2. The molecule has 0 saturated heterocycles. The van der Waals surface area contributed by atoms with Crippen LogP contribution < -0.4 is 24.8 Å². The van der Waals surface area contributed by atoms with E-state index in [1.807, 2.05) is 31.2 Å². The molecule has 0 aliphatic carbocycles. The largest absolute Gasteiger partial charge is 0.497 e. The standard InChI is InChI=1S/C25H30N2O6/c1-6-19-22(24(28)33-15(2)3)23(27-25(29)26-19)17-9-12-20(21(13-17)31-5)32-14-16-7-10-18(30-4)11-8-16/h7-13,15,23H,6,14H2,1-5H3,(H2,26,27,29). The Balaban J connectivity index is 1.87. The monoisotopic (exact) mass is 454 g/mol. The highest BCUT2D eigenvalue weighted by Crippen LogP contribution is 2.35. The molecule has 1 unspecified atom stereocenters. The fourth-order valence-corrected chi connectivity index (χ4v) is 3.53. The molecule has 8 nitrogen and oxygen atoms in total. The number of amides is 2. The number of carbonyl (C=O) groups is 2. The Bertz CT molecular complexity index is 1030. The molecule has 2 aromatic rings. The maximum Gasteiger partial charge on any atom is 0.338 e. The van der Waals surface area contributed by atoms with Gasteiger partial charge in [0.25, 0.3) is 0 Å². The predicted molar refractivity (Wildman–Crippen MR) is 123 cm³/mol. The summed E-state index contributed by atoms with van der Waals surface area (Å²) in [6.45, 7) is 5.78. The number of benzene rings is 2. The van der Waals surface area contributed by atoms with Gasteiger partial charge in [-0.3, -0.25) is 0 Å². The molecule has 1 heterocycles. The number of esters is 1. The first-order valence-electron chi connectivity index (χ1n) is 10.8. The highest BCUT2D eigenvalue weighted by Gasteiger charge is 2.34. The molecule has 2 aromatic carbocycles. The molecule has 2 amide bonds. The molecule has 1 atom stereocenters. The molecule has 2 N–H and O–H groups in total. The van der Waals surface area contributed by atoms with Gasteiger partial charge < -0.3 is 29.6 Å². The Morgan fingerprint density at radius 1 is 1.03 bits per heavy atom. The minimum atomic E-state index is -0.676. The van der Waals surface area contributed by atoms with E-state index in [0.29, 0.717) is 41.4 Å². The third-order valence-electron chi connectivity index (χ3n) is 5.14. The van der Waals surface area contributed by atoms with E-state index in [2.05, 4.69) is 10.6 Å². The van der Waals surface area contributed by atoms with Gasteiger partial charge in [0, 0.05) is 5.70 Å². The Morgan fingerprint density at radius 3 is 2.36 bits per heavy atom. The summed E-state index contributed by atoms with van der Waals surface area (Å²) < 4.78 is 22.1. The van der Waals surface area contributed by atoms with E-state index in [1.165, 1.54) is 0 Å². The van der Waals surface area contributed by atoms with E-state index in [-0.39, 0.29) is 12.1 Å². The van der Waals surface area contributed by atoms with Crippen molar-refractivity contribution in [2.75, 3.05) is 14.2 Å². The van der Waals surface area contributed by atoms with Gasteiger partial charge in [0.15, 0.2) is 11.5 Å². The fraction of sp³-hybridized carbons (Fsp3) is 0.360. The SMILES string of the molecule is CCC1=C(C(=O)OC(C)C)C(c2ccc(OCc3ccc(OC)cc3)c(OC)c2)NC(=O)N1. The van der Waals surface area contributed by atoms with Crippen molar-refractivity contribution >= 4 is 12.0 Å². The molecule has 176 valence electrons. The minimum Gasteiger partial charge on any atom is -0.497 e. The lowest BCUT2D eigenvalue weighted by molar-refractivity contribution is -0.143. The van der Waals surface area contributed by atoms with Crippen LogP contribution in [0.15, 0.2) is 53.7 Å². The van der Waals surface area contributed by atoms with Crippen molar-refractivity contribution in [2.24, 2.45) is 0 Å². The van der Waals surface area contributed by atoms with Crippen molar-refractivity contribution < 1.29 is 28.5 Å². The third-order valence-corrected chi connectivity index (χ3v) is 5.14. The molecule has 0 spiro atoms. The van der Waals surface area contributed by atoms with E-state index >= 15 is 0 Å². The molecule has 0 radical (unpaired) electrons. The summed E-state index contributed by atoms with van der Waals surface area (Å²) in [6, 6.07) is 11.9. The number of hydrogen-bond donors (Lipinski definition) is 2. The van der Waals surface area contributed by atoms with Gasteiger partial charge in [0.2, 0.25) is 0 Å². The quantitative estimate of drug-likeness (QED) is 0.550. The van der Waals surface area contributed by atoms with Crippen LogP contribution in [-0.2, 0) is 16.1 Å². The lowest BCUT2D eigenvalue weighted by Crippen LogP contribution is -2.46. The molecule has 8 heteroatoms. The van der Waals surface area contributed by atoms with Crippen molar-refractivity contribution in [3.63, 3.8) is 0 Å². The maximum absolute atomic E-state index is 12.9. The molecule has 0 aromatic heterocycles. The molecule has 3 rings (SSSR count). The van der Waals surface area contributed by atoms with E-state index in [0.717, 1.165) is 11.3 Å². The Kier molecular flexibility index (Phi) is 7.82. The zero-order valence-corrected chi connectivity index (χ0v) is 19.6. The molecule has 0 bridgehead atoms. The summed E-state index contributed by atoms with van der Waals surface area (Å²) in [7, 11) is 3.16. The highest BCUT2D eigenvalue weighted by atomic mass is 16.5. The number of allylic oxidation sites excluding steroid dienone is 1. The zero-order valence-electron chi connectivity index (χ0n) is 19.6. The van der Waals surface area contributed by atoms with Gasteiger partial charge in [-0.1, -0.05) is 25.1 Å². The highest BCUT2D eigenvalue weighted by molar-refractivity contribution is 5.95. The number of ether oxygens (including phenoxy) is 4. The average Bonchev–Trinajstić information content (AvgIpc) is 2.81. The minimum absolute atomic E-state index is 0.287. The maximum atomic E-state index is 12.9. The number of rotatable bonds is 9. The fourth-order valence-electron chi connectivity index (χ4n) is 3.53. The topological polar surface area (TPSA) is 95.1 Å². The summed E-state index contributed by atoms with van der Waals surface area (Å²) in [5.74, 6) is 1.33. The second-order valence-electron chi connectivity index (χ2n) is 7.78. The summed E-state index contributed by atoms with van der Waals surface area (Å²) in [5.41, 5.74) is 2.56. The normalized spacial score (nSPS) is 15.6. The van der Waals surface area contributed by atoms with Crippen LogP contribution >= 0.6 is 0 Å². The van der Waals surface area contributed by atoms with Crippen LogP contribution in [0.2, 0.25) is 0 Å². The number of hydrogen-bond acceptors (Lipinski definition) is 6. The second-order valence-corrected chi connectivity index (χ2v) is 7.78. The third kappa shape index (κ3) is 5.77. The van der Waals surface area contributed by atoms with Gasteiger partial charge in [0.05, 0.1) is 31.9 Å². The Hall–Kier alpha value is -3.68. The molecular formula is C25H30N2O6. The summed E-state index contributed by atoms with van der Waals surface area (Å²) in [4.78, 5) is 25.1. The summed E-state index contributed by atoms with van der Waals surface area (Å²) in [6.07, 6.45) is 0.191. The number of nitrogens with one attached hydrogen (secondary N) is 2. The lowest BCUT2D eigenvalue weighted by atomic mass is 9.94. The number of carbonyl (C=O) groups excluding carboxylic acids is 2. The van der Waals surface area contributed by atoms with E-state index in [4.69, 9.17) is 18.9 Å². The van der Waals surface area contributed by atoms with Crippen molar-refractivity contribution in [1.82, 2.24) is 10.6 Å².